The van der Waals surface area contributed by atoms with E-state index in [0.717, 1.165) is 5.92 Å². The molecule has 0 aromatic carbocycles. The number of hydrogen-bond donors (Lipinski definition) is 1. The van der Waals surface area contributed by atoms with Crippen LogP contribution in [0.1, 0.15) is 26.2 Å². The third-order valence-electron chi connectivity index (χ3n) is 1.97. The van der Waals surface area contributed by atoms with Crippen molar-refractivity contribution in [2.24, 2.45) is 11.7 Å². The number of alkyl halides is 1. The van der Waals surface area contributed by atoms with Crippen LogP contribution in [0.2, 0.25) is 0 Å². The molecule has 0 aliphatic heterocycles. The van der Waals surface area contributed by atoms with E-state index in [1.807, 2.05) is 0 Å². The summed E-state index contributed by atoms with van der Waals surface area (Å²) in [5.74, 6) is 0.867. The topological polar surface area (TPSA) is 26.0 Å². The van der Waals surface area contributed by atoms with E-state index in [2.05, 4.69) is 29.5 Å². The molecule has 2 N–H and O–H groups in total. The monoisotopic (exact) mass is 239 g/mol. The van der Waals surface area contributed by atoms with Crippen molar-refractivity contribution >= 4 is 22.6 Å². The molecule has 0 aromatic heterocycles. The fraction of sp³-hybridized carbons (Fsp3) is 1.00. The summed E-state index contributed by atoms with van der Waals surface area (Å²) in [4.78, 5) is 0. The standard InChI is InChI=1S/C7H14IN/c1-2-6(8)7(9)5-3-4-5/h5-7H,2-4,9H2,1H3. The molecule has 1 rings (SSSR count). The van der Waals surface area contributed by atoms with Crippen LogP contribution < -0.4 is 5.73 Å². The minimum atomic E-state index is 0.482. The normalized spacial score (nSPS) is 25.7. The zero-order valence-electron chi connectivity index (χ0n) is 5.81. The molecule has 0 heterocycles. The quantitative estimate of drug-likeness (QED) is 0.591. The first kappa shape index (κ1) is 7.79. The van der Waals surface area contributed by atoms with Crippen molar-refractivity contribution in [1.82, 2.24) is 0 Å². The van der Waals surface area contributed by atoms with Crippen LogP contribution in [0.25, 0.3) is 0 Å². The van der Waals surface area contributed by atoms with Gasteiger partial charge < -0.3 is 5.73 Å². The Hall–Kier alpha value is 0.690. The smallest absolute Gasteiger partial charge is 0.0261 e. The Kier molecular flexibility index (Phi) is 2.76. The van der Waals surface area contributed by atoms with Crippen molar-refractivity contribution < 1.29 is 0 Å². The van der Waals surface area contributed by atoms with Gasteiger partial charge in [0.25, 0.3) is 0 Å². The summed E-state index contributed by atoms with van der Waals surface area (Å²) in [6, 6.07) is 0.482. The van der Waals surface area contributed by atoms with E-state index < -0.39 is 0 Å². The van der Waals surface area contributed by atoms with Crippen molar-refractivity contribution in [3.05, 3.63) is 0 Å². The molecule has 0 bridgehead atoms. The molecule has 9 heavy (non-hydrogen) atoms. The lowest BCUT2D eigenvalue weighted by atomic mass is 10.1. The van der Waals surface area contributed by atoms with E-state index in [1.54, 1.807) is 0 Å². The van der Waals surface area contributed by atoms with Crippen molar-refractivity contribution in [1.29, 1.82) is 0 Å². The second kappa shape index (κ2) is 3.19. The molecule has 0 amide bonds. The molecule has 1 aliphatic carbocycles. The minimum absolute atomic E-state index is 0.482. The predicted molar refractivity (Wildman–Crippen MR) is 48.8 cm³/mol. The van der Waals surface area contributed by atoms with Gasteiger partial charge in [-0.2, -0.15) is 0 Å². The fourth-order valence-corrected chi connectivity index (χ4v) is 1.64. The van der Waals surface area contributed by atoms with Crippen LogP contribution in [0.15, 0.2) is 0 Å². The summed E-state index contributed by atoms with van der Waals surface area (Å²) >= 11 is 2.46. The molecule has 2 atom stereocenters. The van der Waals surface area contributed by atoms with Gasteiger partial charge in [0, 0.05) is 9.97 Å². The summed E-state index contributed by atoms with van der Waals surface area (Å²) in [7, 11) is 0. The zero-order chi connectivity index (χ0) is 6.85. The molecule has 0 aromatic rings. The third kappa shape index (κ3) is 2.08. The number of rotatable bonds is 3. The Morgan fingerprint density at radius 3 is 2.56 bits per heavy atom. The van der Waals surface area contributed by atoms with Crippen molar-refractivity contribution in [3.63, 3.8) is 0 Å². The molecule has 0 saturated heterocycles. The highest BCUT2D eigenvalue weighted by atomic mass is 127. The molecule has 2 unspecified atom stereocenters. The third-order valence-corrected chi connectivity index (χ3v) is 3.69. The molecular formula is C7H14IN. The Balaban J connectivity index is 2.22. The van der Waals surface area contributed by atoms with Crippen LogP contribution in [0.5, 0.6) is 0 Å². The molecule has 1 fully saturated rings. The van der Waals surface area contributed by atoms with Crippen molar-refractivity contribution in [2.45, 2.75) is 36.2 Å². The summed E-state index contributed by atoms with van der Waals surface area (Å²) in [5, 5.41) is 0. The lowest BCUT2D eigenvalue weighted by Gasteiger charge is -2.14. The van der Waals surface area contributed by atoms with Gasteiger partial charge in [0.1, 0.15) is 0 Å². The van der Waals surface area contributed by atoms with Gasteiger partial charge in [-0.15, -0.1) is 0 Å². The number of hydrogen-bond acceptors (Lipinski definition) is 1. The lowest BCUT2D eigenvalue weighted by molar-refractivity contribution is 0.571. The predicted octanol–water partition coefficient (Wildman–Crippen LogP) is 1.94. The zero-order valence-corrected chi connectivity index (χ0v) is 7.97. The van der Waals surface area contributed by atoms with Crippen LogP contribution in [0, 0.1) is 5.92 Å². The molecule has 1 nitrogen and oxygen atoms in total. The second-order valence-corrected chi connectivity index (χ2v) is 4.44. The van der Waals surface area contributed by atoms with E-state index in [4.69, 9.17) is 5.73 Å². The SMILES string of the molecule is CCC(I)C(N)C1CC1. The van der Waals surface area contributed by atoms with E-state index in [1.165, 1.54) is 19.3 Å². The van der Waals surface area contributed by atoms with Crippen molar-refractivity contribution in [2.75, 3.05) is 0 Å². The van der Waals surface area contributed by atoms with Crippen LogP contribution in [0.4, 0.5) is 0 Å². The molecule has 0 radical (unpaired) electrons. The van der Waals surface area contributed by atoms with Crippen LogP contribution >= 0.6 is 22.6 Å². The Bertz CT molecular complexity index is 90.9. The number of halogens is 1. The van der Waals surface area contributed by atoms with Gasteiger partial charge in [0.2, 0.25) is 0 Å². The summed E-state index contributed by atoms with van der Waals surface area (Å²) in [6.07, 6.45) is 3.97. The van der Waals surface area contributed by atoms with E-state index >= 15 is 0 Å². The van der Waals surface area contributed by atoms with E-state index in [0.29, 0.717) is 9.97 Å². The maximum Gasteiger partial charge on any atom is 0.0261 e. The van der Waals surface area contributed by atoms with Gasteiger partial charge in [-0.3, -0.25) is 0 Å². The van der Waals surface area contributed by atoms with E-state index in [9.17, 15) is 0 Å². The molecule has 0 spiro atoms. The number of nitrogens with two attached hydrogens (primary N) is 1. The Morgan fingerprint density at radius 1 is 1.67 bits per heavy atom. The van der Waals surface area contributed by atoms with Gasteiger partial charge in [-0.05, 0) is 25.2 Å². The maximum atomic E-state index is 5.93. The minimum Gasteiger partial charge on any atom is -0.326 e. The van der Waals surface area contributed by atoms with Gasteiger partial charge in [0.15, 0.2) is 0 Å². The average molecular weight is 239 g/mol. The second-order valence-electron chi connectivity index (χ2n) is 2.84. The van der Waals surface area contributed by atoms with Crippen LogP contribution in [-0.4, -0.2) is 9.97 Å². The van der Waals surface area contributed by atoms with Gasteiger partial charge >= 0.3 is 0 Å². The average Bonchev–Trinajstić information content (AvgIpc) is 2.66. The highest BCUT2D eigenvalue weighted by molar-refractivity contribution is 14.1. The molecule has 1 aliphatic rings. The summed E-state index contributed by atoms with van der Waals surface area (Å²) in [6.45, 7) is 2.21. The first-order valence-corrected chi connectivity index (χ1v) is 4.90. The van der Waals surface area contributed by atoms with Gasteiger partial charge in [0.05, 0.1) is 0 Å². The van der Waals surface area contributed by atoms with Gasteiger partial charge in [-0.25, -0.2) is 0 Å². The van der Waals surface area contributed by atoms with E-state index in [-0.39, 0.29) is 0 Å². The Morgan fingerprint density at radius 2 is 2.22 bits per heavy atom. The van der Waals surface area contributed by atoms with Crippen molar-refractivity contribution in [3.8, 4) is 0 Å². The highest BCUT2D eigenvalue weighted by Crippen LogP contribution is 2.35. The maximum absolute atomic E-state index is 5.93. The summed E-state index contributed by atoms with van der Waals surface area (Å²) < 4.78 is 0.704. The first-order chi connectivity index (χ1) is 4.25. The molecule has 54 valence electrons. The van der Waals surface area contributed by atoms with Crippen LogP contribution in [-0.2, 0) is 0 Å². The lowest BCUT2D eigenvalue weighted by Crippen LogP contribution is -2.31. The van der Waals surface area contributed by atoms with Crippen LogP contribution in [0.3, 0.4) is 0 Å². The fourth-order valence-electron chi connectivity index (χ4n) is 1.05. The summed E-state index contributed by atoms with van der Waals surface area (Å²) in [5.41, 5.74) is 5.93. The van der Waals surface area contributed by atoms with Gasteiger partial charge in [-0.1, -0.05) is 29.5 Å². The highest BCUT2D eigenvalue weighted by Gasteiger charge is 2.31. The first-order valence-electron chi connectivity index (χ1n) is 3.65. The largest absolute Gasteiger partial charge is 0.326 e. The Labute approximate surface area is 70.5 Å². The molecular weight excluding hydrogens is 225 g/mol. The molecule has 2 heteroatoms. The molecule has 1 saturated carbocycles.